The number of hydrogen-bond acceptors (Lipinski definition) is 2. The first-order valence-electron chi connectivity index (χ1n) is 13.3. The van der Waals surface area contributed by atoms with Crippen LogP contribution in [0.4, 0.5) is 4.39 Å². The first-order chi connectivity index (χ1) is 18.0. The minimum atomic E-state index is -2.26. The molecule has 4 aromatic rings. The minimum Gasteiger partial charge on any atom is -0.412 e. The molecular weight excluding hydrogens is 504 g/mol. The molecule has 0 saturated carbocycles. The van der Waals surface area contributed by atoms with Crippen molar-refractivity contribution in [1.82, 2.24) is 0 Å². The van der Waals surface area contributed by atoms with Crippen LogP contribution in [-0.2, 0) is 14.3 Å². The van der Waals surface area contributed by atoms with Crippen molar-refractivity contribution in [3.63, 3.8) is 0 Å². The summed E-state index contributed by atoms with van der Waals surface area (Å²) in [6.45, 7) is 14.0. The molecule has 196 valence electrons. The van der Waals surface area contributed by atoms with Crippen LogP contribution in [0.1, 0.15) is 22.3 Å². The van der Waals surface area contributed by atoms with E-state index in [1.807, 2.05) is 6.07 Å². The molecule has 0 heterocycles. The number of halogens is 1. The van der Waals surface area contributed by atoms with Gasteiger partial charge in [0, 0.05) is 0 Å². The summed E-state index contributed by atoms with van der Waals surface area (Å²) in [5.74, 6) is -0.231. The topological polar surface area (TPSA) is 18.5 Å². The molecule has 2 nitrogen and oxygen atoms in total. The number of fused-ring (bicyclic) bond motifs is 3. The van der Waals surface area contributed by atoms with Crippen LogP contribution in [0.5, 0.6) is 0 Å². The molecule has 5 heteroatoms. The monoisotopic (exact) mass is 540 g/mol. The highest BCUT2D eigenvalue weighted by atomic mass is 28.4. The zero-order valence-electron chi connectivity index (χ0n) is 23.3. The molecule has 1 aliphatic carbocycles. The van der Waals surface area contributed by atoms with E-state index < -0.39 is 22.0 Å². The Morgan fingerprint density at radius 2 is 1.08 bits per heavy atom. The predicted octanol–water partition coefficient (Wildman–Crippen LogP) is 6.97. The second kappa shape index (κ2) is 10.0. The van der Waals surface area contributed by atoms with E-state index in [-0.39, 0.29) is 5.82 Å². The molecule has 0 radical (unpaired) electrons. The molecule has 5 rings (SSSR count). The summed E-state index contributed by atoms with van der Waals surface area (Å²) >= 11 is 0. The van der Waals surface area contributed by atoms with E-state index in [1.54, 1.807) is 12.1 Å². The molecule has 0 N–H and O–H groups in total. The van der Waals surface area contributed by atoms with Gasteiger partial charge in [0.05, 0.1) is 18.6 Å². The quantitative estimate of drug-likeness (QED) is 0.225. The third-order valence-electron chi connectivity index (χ3n) is 8.08. The predicted molar refractivity (Wildman–Crippen MR) is 161 cm³/mol. The molecule has 0 unspecified atom stereocenters. The molecule has 0 spiro atoms. The Balaban J connectivity index is 1.56. The number of hydrogen-bond donors (Lipinski definition) is 0. The zero-order chi connectivity index (χ0) is 27.1. The highest BCUT2D eigenvalue weighted by Gasteiger charge is 2.46. The Bertz CT molecular complexity index is 1380. The van der Waals surface area contributed by atoms with Crippen molar-refractivity contribution < 1.29 is 13.2 Å². The van der Waals surface area contributed by atoms with Gasteiger partial charge in [-0.3, -0.25) is 0 Å². The first kappa shape index (κ1) is 26.8. The van der Waals surface area contributed by atoms with Gasteiger partial charge in [-0.1, -0.05) is 90.0 Å². The maximum absolute atomic E-state index is 14.8. The molecule has 0 aromatic heterocycles. The average Bonchev–Trinajstić information content (AvgIpc) is 3.16. The molecule has 0 atom stereocenters. The van der Waals surface area contributed by atoms with Crippen LogP contribution in [0.2, 0.25) is 26.2 Å². The lowest BCUT2D eigenvalue weighted by atomic mass is 9.80. The Morgan fingerprint density at radius 3 is 1.61 bits per heavy atom. The lowest BCUT2D eigenvalue weighted by Crippen LogP contribution is -2.52. The van der Waals surface area contributed by atoms with Gasteiger partial charge in [-0.15, -0.1) is 0 Å². The molecule has 0 bridgehead atoms. The van der Waals surface area contributed by atoms with Crippen LogP contribution in [-0.4, -0.2) is 29.8 Å². The highest BCUT2D eigenvalue weighted by Crippen LogP contribution is 2.50. The van der Waals surface area contributed by atoms with Gasteiger partial charge in [0.25, 0.3) is 0 Å². The molecule has 1 aliphatic rings. The summed E-state index contributed by atoms with van der Waals surface area (Å²) in [5, 5.41) is 2.50. The van der Waals surface area contributed by atoms with Crippen molar-refractivity contribution >= 4 is 27.0 Å². The molecule has 0 fully saturated rings. The van der Waals surface area contributed by atoms with Crippen molar-refractivity contribution in [2.24, 2.45) is 0 Å². The van der Waals surface area contributed by atoms with Crippen LogP contribution in [0, 0.1) is 19.7 Å². The molecule has 38 heavy (non-hydrogen) atoms. The van der Waals surface area contributed by atoms with Crippen molar-refractivity contribution in [2.45, 2.75) is 45.5 Å². The summed E-state index contributed by atoms with van der Waals surface area (Å²) in [6, 6.07) is 31.0. The highest BCUT2D eigenvalue weighted by molar-refractivity contribution is 6.84. The zero-order valence-corrected chi connectivity index (χ0v) is 25.3. The van der Waals surface area contributed by atoms with Gasteiger partial charge in [0.2, 0.25) is 16.6 Å². The van der Waals surface area contributed by atoms with E-state index in [9.17, 15) is 4.39 Å². The van der Waals surface area contributed by atoms with E-state index in [4.69, 9.17) is 8.85 Å². The van der Waals surface area contributed by atoms with Crippen LogP contribution < -0.4 is 10.4 Å². The van der Waals surface area contributed by atoms with Gasteiger partial charge in [0.1, 0.15) is 5.82 Å². The first-order valence-corrected chi connectivity index (χ1v) is 19.2. The van der Waals surface area contributed by atoms with E-state index in [0.29, 0.717) is 13.2 Å². The molecule has 0 aliphatic heterocycles. The SMILES string of the molecule is Cc1ccc([Si](C)(C)OCC2(CO[Si](C)(C)c3ccc(C)cc3)c3ccccc3-c3ccc(F)cc32)cc1. The van der Waals surface area contributed by atoms with E-state index >= 15 is 0 Å². The Hall–Kier alpha value is -2.84. The van der Waals surface area contributed by atoms with Gasteiger partial charge in [-0.2, -0.15) is 0 Å². The van der Waals surface area contributed by atoms with Gasteiger partial charge < -0.3 is 8.85 Å². The molecular formula is C33H37FO2Si2. The standard InChI is InChI=1S/C33H37FO2Si2/c1-24-11-16-27(17-12-24)37(3,4)35-22-33(23-36-38(5,6)28-18-13-25(2)14-19-28)31-10-8-7-9-29(31)30-20-15-26(34)21-32(30)33/h7-21H,22-23H2,1-6H3. The lowest BCUT2D eigenvalue weighted by Gasteiger charge is -2.38. The lowest BCUT2D eigenvalue weighted by molar-refractivity contribution is 0.167. The van der Waals surface area contributed by atoms with E-state index in [2.05, 4.69) is 113 Å². The Labute approximate surface area is 228 Å². The maximum atomic E-state index is 14.8. The second-order valence-electron chi connectivity index (χ2n) is 11.6. The summed E-state index contributed by atoms with van der Waals surface area (Å²) in [5.41, 5.74) is 6.20. The van der Waals surface area contributed by atoms with Crippen molar-refractivity contribution in [3.05, 3.63) is 119 Å². The average molecular weight is 541 g/mol. The second-order valence-corrected chi connectivity index (χ2v) is 19.4. The third-order valence-corrected chi connectivity index (χ3v) is 13.3. The van der Waals surface area contributed by atoms with Crippen molar-refractivity contribution in [3.8, 4) is 11.1 Å². The summed E-state index contributed by atoms with van der Waals surface area (Å²) in [4.78, 5) is 0. The summed E-state index contributed by atoms with van der Waals surface area (Å²) < 4.78 is 28.7. The Kier molecular flexibility index (Phi) is 7.07. The van der Waals surface area contributed by atoms with Crippen molar-refractivity contribution in [1.29, 1.82) is 0 Å². The fourth-order valence-electron chi connectivity index (χ4n) is 5.46. The minimum absolute atomic E-state index is 0.231. The smallest absolute Gasteiger partial charge is 0.218 e. The van der Waals surface area contributed by atoms with Crippen LogP contribution in [0.25, 0.3) is 11.1 Å². The molecule has 4 aromatic carbocycles. The fraction of sp³-hybridized carbons (Fsp3) is 0.273. The fourth-order valence-corrected chi connectivity index (χ4v) is 8.95. The normalized spacial score (nSPS) is 14.3. The maximum Gasteiger partial charge on any atom is 0.218 e. The number of rotatable bonds is 8. The van der Waals surface area contributed by atoms with Gasteiger partial charge >= 0.3 is 0 Å². The number of aryl methyl sites for hydroxylation is 2. The largest absolute Gasteiger partial charge is 0.412 e. The van der Waals surface area contributed by atoms with Crippen molar-refractivity contribution in [2.75, 3.05) is 13.2 Å². The van der Waals surface area contributed by atoms with Crippen LogP contribution in [0.15, 0.2) is 91.0 Å². The third kappa shape index (κ3) is 4.96. The summed E-state index contributed by atoms with van der Waals surface area (Å²) in [7, 11) is -4.51. The molecule has 0 saturated heterocycles. The van der Waals surface area contributed by atoms with E-state index in [1.165, 1.54) is 21.5 Å². The van der Waals surface area contributed by atoms with Gasteiger partial charge in [-0.05, 0) is 84.8 Å². The van der Waals surface area contributed by atoms with Crippen LogP contribution in [0.3, 0.4) is 0 Å². The van der Waals surface area contributed by atoms with Crippen LogP contribution >= 0.6 is 0 Å². The van der Waals surface area contributed by atoms with E-state index in [0.717, 1.165) is 22.3 Å². The van der Waals surface area contributed by atoms with Gasteiger partial charge in [-0.25, -0.2) is 4.39 Å². The molecule has 0 amide bonds. The van der Waals surface area contributed by atoms with Gasteiger partial charge in [0.15, 0.2) is 0 Å². The summed E-state index contributed by atoms with van der Waals surface area (Å²) in [6.07, 6.45) is 0. The number of benzene rings is 4. The Morgan fingerprint density at radius 1 is 0.605 bits per heavy atom.